The fourth-order valence-corrected chi connectivity index (χ4v) is 11.7. The first-order valence-electron chi connectivity index (χ1n) is 22.0. The number of nitrogens with one attached hydrogen (secondary N) is 1. The molecule has 2 N–H and O–H groups in total. The largest absolute Gasteiger partial charge is 0.435 e. The molecule has 3 amide bonds. The number of fused-ring (bicyclic) bond motifs is 3. The molecule has 2 fully saturated rings. The molecule has 1 aliphatic carbocycles. The van der Waals surface area contributed by atoms with Crippen LogP contribution in [0.15, 0.2) is 42.5 Å². The lowest BCUT2D eigenvalue weighted by Crippen LogP contribution is -2.40. The van der Waals surface area contributed by atoms with Crippen molar-refractivity contribution in [1.82, 2.24) is 34.8 Å². The van der Waals surface area contributed by atoms with Crippen molar-refractivity contribution < 1.29 is 75.4 Å². The van der Waals surface area contributed by atoms with Gasteiger partial charge in [0.1, 0.15) is 40.9 Å². The Labute approximate surface area is 414 Å². The van der Waals surface area contributed by atoms with Gasteiger partial charge in [0, 0.05) is 34.9 Å². The molecule has 15 nitrogen and oxygen atoms in total. The summed E-state index contributed by atoms with van der Waals surface area (Å²) in [6, 6.07) is 2.59. The summed E-state index contributed by atoms with van der Waals surface area (Å²) < 4.78 is 200. The molecule has 5 aromatic rings. The number of benzene rings is 2. The van der Waals surface area contributed by atoms with Gasteiger partial charge in [0.05, 0.1) is 40.3 Å². The van der Waals surface area contributed by atoms with E-state index in [0.29, 0.717) is 10.7 Å². The van der Waals surface area contributed by atoms with Gasteiger partial charge < -0.3 is 10.4 Å². The zero-order valence-electron chi connectivity index (χ0n) is 38.7. The molecule has 0 radical (unpaired) electrons. The van der Waals surface area contributed by atoms with Crippen LogP contribution in [0, 0.1) is 29.4 Å². The molecular formula is C45H41ClF10N8O7S2. The maximum absolute atomic E-state index is 15.8. The SMILES string of the molecule is C[C@@H]1c2c(C(F)(F)F)nn(CC(=O)N[C@@H](Cc3cc(F)cc(F)c3)c3nc(C#CC(C)(C)S(C)(=O)=O)ccc3-c3ccc(Cl)c4c(N5C(=O)N6C(CC[C@H]6CO)S5(=O)=O)nn(CC(F)(F)F)c34)c2C(F)(F)[C@@H]1C. The molecule has 0 spiro atoms. The molecule has 392 valence electrons. The lowest BCUT2D eigenvalue weighted by Gasteiger charge is -2.24. The van der Waals surface area contributed by atoms with Gasteiger partial charge in [-0.25, -0.2) is 35.4 Å². The number of carbonyl (C=O) groups excluding carboxylic acids is 2. The number of hydrogen-bond acceptors (Lipinski definition) is 10. The summed E-state index contributed by atoms with van der Waals surface area (Å²) in [7, 11) is -8.71. The predicted molar refractivity (Wildman–Crippen MR) is 242 cm³/mol. The third-order valence-corrected chi connectivity index (χ3v) is 17.6. The zero-order chi connectivity index (χ0) is 53.9. The number of aromatic nitrogens is 5. The quantitative estimate of drug-likeness (QED) is 0.0970. The molecule has 0 saturated carbocycles. The molecule has 1 unspecified atom stereocenters. The normalized spacial score (nSPS) is 21.1. The Morgan fingerprint density at radius 1 is 0.986 bits per heavy atom. The molecular weight excluding hydrogens is 1050 g/mol. The van der Waals surface area contributed by atoms with Crippen LogP contribution in [0.25, 0.3) is 22.0 Å². The van der Waals surface area contributed by atoms with E-state index in [9.17, 15) is 66.7 Å². The van der Waals surface area contributed by atoms with Crippen LogP contribution >= 0.6 is 11.6 Å². The topological polar surface area (TPSA) is 190 Å². The van der Waals surface area contributed by atoms with Gasteiger partial charge in [0.25, 0.3) is 15.9 Å². The predicted octanol–water partition coefficient (Wildman–Crippen LogP) is 7.98. The van der Waals surface area contributed by atoms with E-state index in [2.05, 4.69) is 32.3 Å². The summed E-state index contributed by atoms with van der Waals surface area (Å²) in [5.41, 5.74) is -5.98. The van der Waals surface area contributed by atoms with Gasteiger partial charge in [-0.15, -0.1) is 0 Å². The number of halogens is 11. The van der Waals surface area contributed by atoms with Crippen molar-refractivity contribution in [3.63, 3.8) is 0 Å². The van der Waals surface area contributed by atoms with Crippen molar-refractivity contribution in [3.05, 3.63) is 93.0 Å². The highest BCUT2D eigenvalue weighted by molar-refractivity contribution is 7.94. The third kappa shape index (κ3) is 9.47. The van der Waals surface area contributed by atoms with Crippen LogP contribution in [-0.4, -0.2) is 98.5 Å². The number of alkyl halides is 8. The van der Waals surface area contributed by atoms with Gasteiger partial charge in [-0.1, -0.05) is 37.4 Å². The average Bonchev–Trinajstić information content (AvgIpc) is 4.04. The van der Waals surface area contributed by atoms with Crippen LogP contribution in [0.3, 0.4) is 0 Å². The number of sulfone groups is 1. The van der Waals surface area contributed by atoms with E-state index < -0.39 is 166 Å². The number of amides is 3. The number of hydrogen-bond donors (Lipinski definition) is 2. The molecule has 8 rings (SSSR count). The smallest absolute Gasteiger partial charge is 0.394 e. The number of nitrogens with zero attached hydrogens (tertiary/aromatic N) is 7. The second-order valence-corrected chi connectivity index (χ2v) is 23.4. The van der Waals surface area contributed by atoms with E-state index in [1.165, 1.54) is 13.8 Å². The fraction of sp³-hybridized carbons (Fsp3) is 0.444. The number of pyridine rings is 1. The summed E-state index contributed by atoms with van der Waals surface area (Å²) in [5, 5.41) is 17.3. The average molecular weight is 1100 g/mol. The van der Waals surface area contributed by atoms with Crippen molar-refractivity contribution in [2.75, 3.05) is 17.2 Å². The molecule has 5 heterocycles. The maximum Gasteiger partial charge on any atom is 0.435 e. The third-order valence-electron chi connectivity index (χ3n) is 13.3. The van der Waals surface area contributed by atoms with Gasteiger partial charge in [-0.3, -0.25) is 19.1 Å². The number of urea groups is 1. The monoisotopic (exact) mass is 1090 g/mol. The minimum absolute atomic E-state index is 0.0691. The van der Waals surface area contributed by atoms with Crippen molar-refractivity contribution in [2.24, 2.45) is 5.92 Å². The van der Waals surface area contributed by atoms with E-state index >= 15 is 8.78 Å². The number of aliphatic hydroxyl groups is 1. The first-order valence-corrected chi connectivity index (χ1v) is 25.7. The Morgan fingerprint density at radius 2 is 1.63 bits per heavy atom. The summed E-state index contributed by atoms with van der Waals surface area (Å²) >= 11 is 6.68. The van der Waals surface area contributed by atoms with Crippen LogP contribution in [0.1, 0.15) is 86.4 Å². The fourth-order valence-electron chi connectivity index (χ4n) is 9.32. The minimum atomic E-state index is -5.26. The molecule has 2 aromatic carbocycles. The summed E-state index contributed by atoms with van der Waals surface area (Å²) in [5.74, 6) is -6.42. The van der Waals surface area contributed by atoms with Crippen molar-refractivity contribution in [3.8, 4) is 23.0 Å². The standard InChI is InChI=1S/C45H41ClF10N8O7S2/c1-21-22(2)44(52,53)39-34(21)38(45(54,55)56)59-61(39)18-32(66)58-31(16-23-14-24(47)17-25(48)15-23)36-28(8-6-26(57-36)12-13-42(3,4)72(5,68)69)29-9-10-30(46)35-37(29)62(20-43(49,50)51)60-40(35)64-41(67)63-27(19-65)7-11-33(63)73(64,70)71/h6,8-10,14-15,17,21-22,27,31,33,65H,7,11,16,18-20H2,1-5H3,(H,58,66)/t21-,22+,27-,31-,33?/m0/s1. The van der Waals surface area contributed by atoms with Crippen molar-refractivity contribution >= 4 is 60.1 Å². The lowest BCUT2D eigenvalue weighted by atomic mass is 9.93. The Hall–Kier alpha value is -5.98. The Kier molecular flexibility index (Phi) is 13.3. The van der Waals surface area contributed by atoms with Crippen molar-refractivity contribution in [1.29, 1.82) is 0 Å². The van der Waals surface area contributed by atoms with E-state index in [0.717, 1.165) is 61.4 Å². The molecule has 3 aromatic heterocycles. The maximum atomic E-state index is 15.8. The lowest BCUT2D eigenvalue weighted by molar-refractivity contribution is -0.143. The highest BCUT2D eigenvalue weighted by Crippen LogP contribution is 2.55. The van der Waals surface area contributed by atoms with Crippen LogP contribution < -0.4 is 9.62 Å². The van der Waals surface area contributed by atoms with E-state index in [1.807, 2.05) is 0 Å². The Bertz CT molecular complexity index is 3390. The number of rotatable bonds is 11. The molecule has 0 bridgehead atoms. The van der Waals surface area contributed by atoms with Crippen molar-refractivity contribution in [2.45, 2.75) is 106 Å². The van der Waals surface area contributed by atoms with Crippen LogP contribution in [-0.2, 0) is 56.3 Å². The summed E-state index contributed by atoms with van der Waals surface area (Å²) in [4.78, 5) is 33.6. The van der Waals surface area contributed by atoms with Gasteiger partial charge >= 0.3 is 18.4 Å². The molecule has 73 heavy (non-hydrogen) atoms. The second kappa shape index (κ2) is 18.1. The molecule has 2 aliphatic heterocycles. The zero-order valence-corrected chi connectivity index (χ0v) is 41.1. The first-order chi connectivity index (χ1) is 33.7. The van der Waals surface area contributed by atoms with E-state index in [1.54, 1.807) is 0 Å². The number of carbonyl (C=O) groups is 2. The number of sulfonamides is 1. The molecule has 28 heteroatoms. The highest BCUT2D eigenvalue weighted by atomic mass is 35.5. The first kappa shape index (κ1) is 53.3. The van der Waals surface area contributed by atoms with E-state index in [4.69, 9.17) is 11.6 Å². The Morgan fingerprint density at radius 3 is 2.23 bits per heavy atom. The summed E-state index contributed by atoms with van der Waals surface area (Å²) in [6.45, 7) is 0.683. The highest BCUT2D eigenvalue weighted by Gasteiger charge is 2.59. The minimum Gasteiger partial charge on any atom is -0.394 e. The van der Waals surface area contributed by atoms with Gasteiger partial charge in [-0.05, 0) is 80.8 Å². The molecule has 2 saturated heterocycles. The van der Waals surface area contributed by atoms with Crippen LogP contribution in [0.4, 0.5) is 54.5 Å². The number of anilines is 1. The van der Waals surface area contributed by atoms with Crippen LogP contribution in [0.5, 0.6) is 0 Å². The molecule has 3 aliphatic rings. The molecule has 5 atom stereocenters. The summed E-state index contributed by atoms with van der Waals surface area (Å²) in [6.07, 6.45) is -10.3. The number of aliphatic hydroxyl groups excluding tert-OH is 1. The van der Waals surface area contributed by atoms with E-state index in [-0.39, 0.29) is 44.2 Å². The van der Waals surface area contributed by atoms with Crippen LogP contribution in [0.2, 0.25) is 5.02 Å². The van der Waals surface area contributed by atoms with Gasteiger partial charge in [-0.2, -0.15) is 49.6 Å². The van der Waals surface area contributed by atoms with Gasteiger partial charge in [0.15, 0.2) is 26.7 Å². The Balaban J connectivity index is 1.37. The van der Waals surface area contributed by atoms with Gasteiger partial charge in [0.2, 0.25) is 5.91 Å². The second-order valence-electron chi connectivity index (χ2n) is 18.5.